The number of benzene rings is 1. The van der Waals surface area contributed by atoms with E-state index < -0.39 is 10.0 Å². The maximum absolute atomic E-state index is 12.2. The van der Waals surface area contributed by atoms with Gasteiger partial charge in [-0.25, -0.2) is 13.1 Å². The van der Waals surface area contributed by atoms with Crippen molar-refractivity contribution in [3.63, 3.8) is 0 Å². The molecule has 1 unspecified atom stereocenters. The van der Waals surface area contributed by atoms with Gasteiger partial charge in [0.25, 0.3) is 0 Å². The molecule has 0 radical (unpaired) electrons. The van der Waals surface area contributed by atoms with Gasteiger partial charge in [-0.2, -0.15) is 0 Å². The highest BCUT2D eigenvalue weighted by atomic mass is 32.2. The molecule has 1 aliphatic rings. The van der Waals surface area contributed by atoms with Crippen LogP contribution in [0.1, 0.15) is 26.2 Å². The summed E-state index contributed by atoms with van der Waals surface area (Å²) in [5.41, 5.74) is 5.85. The molecule has 1 aromatic carbocycles. The van der Waals surface area contributed by atoms with Gasteiger partial charge < -0.3 is 15.4 Å². The highest BCUT2D eigenvalue weighted by molar-refractivity contribution is 7.89. The van der Waals surface area contributed by atoms with E-state index in [2.05, 4.69) is 4.72 Å². The molecule has 24 heavy (non-hydrogen) atoms. The molecule has 2 rings (SSSR count). The quantitative estimate of drug-likeness (QED) is 0.750. The highest BCUT2D eigenvalue weighted by Crippen LogP contribution is 2.16. The van der Waals surface area contributed by atoms with Crippen molar-refractivity contribution in [1.29, 1.82) is 0 Å². The summed E-state index contributed by atoms with van der Waals surface area (Å²) in [4.78, 5) is 14.0. The van der Waals surface area contributed by atoms with E-state index in [4.69, 9.17) is 10.5 Å². The highest BCUT2D eigenvalue weighted by Gasteiger charge is 2.21. The fraction of sp³-hybridized carbons (Fsp3) is 0.562. The van der Waals surface area contributed by atoms with Crippen LogP contribution in [0.15, 0.2) is 29.2 Å². The first-order chi connectivity index (χ1) is 11.4. The van der Waals surface area contributed by atoms with Crippen LogP contribution in [-0.4, -0.2) is 51.5 Å². The van der Waals surface area contributed by atoms with Crippen LogP contribution in [0, 0.1) is 0 Å². The van der Waals surface area contributed by atoms with Gasteiger partial charge in [-0.05, 0) is 44.0 Å². The number of carbonyl (C=O) groups excluding carboxylic acids is 1. The van der Waals surface area contributed by atoms with Crippen LogP contribution in [0.3, 0.4) is 0 Å². The van der Waals surface area contributed by atoms with Gasteiger partial charge in [-0.1, -0.05) is 0 Å². The molecule has 134 valence electrons. The summed E-state index contributed by atoms with van der Waals surface area (Å²) in [5.74, 6) is 0.549. The third-order valence-corrected chi connectivity index (χ3v) is 5.36. The Morgan fingerprint density at radius 1 is 1.38 bits per heavy atom. The first kappa shape index (κ1) is 18.7. The van der Waals surface area contributed by atoms with Crippen molar-refractivity contribution >= 4 is 15.9 Å². The second-order valence-electron chi connectivity index (χ2n) is 5.79. The van der Waals surface area contributed by atoms with Crippen molar-refractivity contribution in [2.45, 2.75) is 37.1 Å². The number of carbonyl (C=O) groups is 1. The van der Waals surface area contributed by atoms with E-state index in [0.29, 0.717) is 25.4 Å². The van der Waals surface area contributed by atoms with Crippen LogP contribution in [0.25, 0.3) is 0 Å². The SMILES string of the molecule is CCOc1ccc(S(=O)(=O)NCCC(=O)N2CCCC(N)C2)cc1. The zero-order valence-corrected chi connectivity index (χ0v) is 14.7. The summed E-state index contributed by atoms with van der Waals surface area (Å²) in [7, 11) is -3.63. The number of hydrogen-bond donors (Lipinski definition) is 2. The predicted molar refractivity (Wildman–Crippen MR) is 91.2 cm³/mol. The molecule has 8 heteroatoms. The van der Waals surface area contributed by atoms with Gasteiger partial charge in [0.05, 0.1) is 11.5 Å². The largest absolute Gasteiger partial charge is 0.494 e. The summed E-state index contributed by atoms with van der Waals surface area (Å²) in [6, 6.07) is 6.21. The molecule has 0 spiro atoms. The van der Waals surface area contributed by atoms with Crippen molar-refractivity contribution < 1.29 is 17.9 Å². The molecule has 0 aliphatic carbocycles. The Balaban J connectivity index is 1.84. The second kappa shape index (κ2) is 8.46. The minimum absolute atomic E-state index is 0.0169. The lowest BCUT2D eigenvalue weighted by Gasteiger charge is -2.30. The topological polar surface area (TPSA) is 102 Å². The van der Waals surface area contributed by atoms with Crippen LogP contribution in [0.4, 0.5) is 0 Å². The molecule has 0 aromatic heterocycles. The minimum Gasteiger partial charge on any atom is -0.494 e. The fourth-order valence-electron chi connectivity index (χ4n) is 2.65. The van der Waals surface area contributed by atoms with Crippen molar-refractivity contribution in [3.05, 3.63) is 24.3 Å². The van der Waals surface area contributed by atoms with Gasteiger partial charge in [-0.15, -0.1) is 0 Å². The number of piperidine rings is 1. The number of sulfonamides is 1. The van der Waals surface area contributed by atoms with Crippen LogP contribution < -0.4 is 15.2 Å². The molecule has 1 fully saturated rings. The summed E-state index contributed by atoms with van der Waals surface area (Å²) in [6.45, 7) is 3.69. The summed E-state index contributed by atoms with van der Waals surface area (Å²) in [5, 5.41) is 0. The summed E-state index contributed by atoms with van der Waals surface area (Å²) >= 11 is 0. The Labute approximate surface area is 143 Å². The number of nitrogens with zero attached hydrogens (tertiary/aromatic N) is 1. The summed E-state index contributed by atoms with van der Waals surface area (Å²) < 4.78 is 32.2. The molecule has 0 bridgehead atoms. The van der Waals surface area contributed by atoms with Gasteiger partial charge in [0.2, 0.25) is 15.9 Å². The van der Waals surface area contributed by atoms with Gasteiger partial charge >= 0.3 is 0 Å². The molecule has 1 saturated heterocycles. The minimum atomic E-state index is -3.63. The number of nitrogens with one attached hydrogen (secondary N) is 1. The van der Waals surface area contributed by atoms with Gasteiger partial charge in [-0.3, -0.25) is 4.79 Å². The first-order valence-electron chi connectivity index (χ1n) is 8.18. The van der Waals surface area contributed by atoms with E-state index in [-0.39, 0.29) is 29.8 Å². The van der Waals surface area contributed by atoms with Gasteiger partial charge in [0.1, 0.15) is 5.75 Å². The van der Waals surface area contributed by atoms with Crippen LogP contribution in [0.2, 0.25) is 0 Å². The molecule has 3 N–H and O–H groups in total. The summed E-state index contributed by atoms with van der Waals surface area (Å²) in [6.07, 6.45) is 1.95. The number of ether oxygens (including phenoxy) is 1. The predicted octanol–water partition coefficient (Wildman–Crippen LogP) is 0.703. The Kier molecular flexibility index (Phi) is 6.59. The lowest BCUT2D eigenvalue weighted by molar-refractivity contribution is -0.132. The Bertz CT molecular complexity index is 646. The number of amides is 1. The van der Waals surface area contributed by atoms with Crippen LogP contribution in [-0.2, 0) is 14.8 Å². The van der Waals surface area contributed by atoms with Crippen molar-refractivity contribution in [2.75, 3.05) is 26.2 Å². The van der Waals surface area contributed by atoms with Crippen molar-refractivity contribution in [3.8, 4) is 5.75 Å². The normalized spacial score (nSPS) is 18.4. The Hall–Kier alpha value is -1.64. The third kappa shape index (κ3) is 5.19. The van der Waals surface area contributed by atoms with E-state index >= 15 is 0 Å². The van der Waals surface area contributed by atoms with Gasteiger partial charge in [0, 0.05) is 32.1 Å². The maximum Gasteiger partial charge on any atom is 0.240 e. The molecule has 1 heterocycles. The number of rotatable bonds is 7. The number of nitrogens with two attached hydrogens (primary N) is 1. The molecule has 7 nitrogen and oxygen atoms in total. The molecule has 1 aliphatic heterocycles. The Morgan fingerprint density at radius 3 is 2.71 bits per heavy atom. The Morgan fingerprint density at radius 2 is 2.08 bits per heavy atom. The zero-order valence-electron chi connectivity index (χ0n) is 13.9. The molecular formula is C16H25N3O4S. The molecule has 1 aromatic rings. The van der Waals surface area contributed by atoms with Crippen LogP contribution >= 0.6 is 0 Å². The molecule has 0 saturated carbocycles. The lowest BCUT2D eigenvalue weighted by Crippen LogP contribution is -2.46. The first-order valence-corrected chi connectivity index (χ1v) is 9.66. The average molecular weight is 355 g/mol. The van der Waals surface area contributed by atoms with E-state index in [1.807, 2.05) is 6.92 Å². The lowest BCUT2D eigenvalue weighted by atomic mass is 10.1. The van der Waals surface area contributed by atoms with Gasteiger partial charge in [0.15, 0.2) is 0 Å². The van der Waals surface area contributed by atoms with E-state index in [1.54, 1.807) is 17.0 Å². The van der Waals surface area contributed by atoms with E-state index in [1.165, 1.54) is 12.1 Å². The number of hydrogen-bond acceptors (Lipinski definition) is 5. The standard InChI is InChI=1S/C16H25N3O4S/c1-2-23-14-5-7-15(8-6-14)24(21,22)18-10-9-16(20)19-11-3-4-13(17)12-19/h5-8,13,18H,2-4,9-12,17H2,1H3. The maximum atomic E-state index is 12.2. The third-order valence-electron chi connectivity index (χ3n) is 3.89. The van der Waals surface area contributed by atoms with Crippen molar-refractivity contribution in [2.24, 2.45) is 5.73 Å². The van der Waals surface area contributed by atoms with E-state index in [9.17, 15) is 13.2 Å². The molecule has 1 atom stereocenters. The molecule has 1 amide bonds. The monoisotopic (exact) mass is 355 g/mol. The smallest absolute Gasteiger partial charge is 0.240 e. The second-order valence-corrected chi connectivity index (χ2v) is 7.56. The fourth-order valence-corrected chi connectivity index (χ4v) is 3.68. The average Bonchev–Trinajstić information content (AvgIpc) is 2.55. The zero-order chi connectivity index (χ0) is 17.6. The molecular weight excluding hydrogens is 330 g/mol. The van der Waals surface area contributed by atoms with Crippen LogP contribution in [0.5, 0.6) is 5.75 Å². The number of likely N-dealkylation sites (tertiary alicyclic amines) is 1. The van der Waals surface area contributed by atoms with E-state index in [0.717, 1.165) is 12.8 Å². The van der Waals surface area contributed by atoms with Crippen molar-refractivity contribution in [1.82, 2.24) is 9.62 Å².